The second kappa shape index (κ2) is 12.8. The highest BCUT2D eigenvalue weighted by Crippen LogP contribution is 2.39. The van der Waals surface area contributed by atoms with Gasteiger partial charge in [-0.25, -0.2) is 4.39 Å². The Morgan fingerprint density at radius 3 is 2.15 bits per heavy atom. The zero-order chi connectivity index (χ0) is 28.2. The quantitative estimate of drug-likeness (QED) is 0.559. The summed E-state index contributed by atoms with van der Waals surface area (Å²) < 4.78 is 20.9. The van der Waals surface area contributed by atoms with Gasteiger partial charge in [-0.05, 0) is 73.7 Å². The molecule has 2 aromatic carbocycles. The molecule has 8 nitrogen and oxygen atoms in total. The van der Waals surface area contributed by atoms with Gasteiger partial charge in [0.25, 0.3) is 11.8 Å². The van der Waals surface area contributed by atoms with Crippen molar-refractivity contribution in [3.05, 3.63) is 58.9 Å². The molecule has 0 aromatic heterocycles. The average molecular weight is 564 g/mol. The van der Waals surface area contributed by atoms with Gasteiger partial charge < -0.3 is 30.1 Å². The van der Waals surface area contributed by atoms with E-state index in [4.69, 9.17) is 4.74 Å². The molecular formula is C32H42FN5O3. The molecule has 1 saturated carbocycles. The molecular weight excluding hydrogens is 521 g/mol. The third-order valence-corrected chi connectivity index (χ3v) is 9.08. The lowest BCUT2D eigenvalue weighted by atomic mass is 9.83. The number of amides is 2. The summed E-state index contributed by atoms with van der Waals surface area (Å²) in [5.74, 6) is 0.759. The minimum absolute atomic E-state index is 0.00464. The first-order valence-electron chi connectivity index (χ1n) is 15.4. The molecule has 3 saturated heterocycles. The fourth-order valence-corrected chi connectivity index (χ4v) is 6.71. The van der Waals surface area contributed by atoms with Crippen LogP contribution in [0.5, 0.6) is 5.75 Å². The van der Waals surface area contributed by atoms with Crippen LogP contribution in [0.25, 0.3) is 0 Å². The zero-order valence-corrected chi connectivity index (χ0v) is 23.9. The van der Waals surface area contributed by atoms with Gasteiger partial charge in [-0.2, -0.15) is 0 Å². The van der Waals surface area contributed by atoms with E-state index in [1.807, 2.05) is 17.0 Å². The van der Waals surface area contributed by atoms with Crippen LogP contribution in [0.2, 0.25) is 0 Å². The lowest BCUT2D eigenvalue weighted by Crippen LogP contribution is -2.50. The summed E-state index contributed by atoms with van der Waals surface area (Å²) in [6.07, 6.45) is 7.14. The Kier molecular flexibility index (Phi) is 8.72. The van der Waals surface area contributed by atoms with Crippen molar-refractivity contribution in [2.45, 2.75) is 50.5 Å². The fourth-order valence-electron chi connectivity index (χ4n) is 6.71. The van der Waals surface area contributed by atoms with Crippen LogP contribution < -0.4 is 20.3 Å². The van der Waals surface area contributed by atoms with Crippen LogP contribution in [0.1, 0.15) is 70.7 Å². The highest BCUT2D eigenvalue weighted by molar-refractivity contribution is 5.96. The molecule has 220 valence electrons. The minimum Gasteiger partial charge on any atom is -0.489 e. The third-order valence-electron chi connectivity index (χ3n) is 9.08. The molecule has 9 heteroatoms. The van der Waals surface area contributed by atoms with Gasteiger partial charge in [-0.1, -0.05) is 19.3 Å². The largest absolute Gasteiger partial charge is 0.489 e. The van der Waals surface area contributed by atoms with E-state index in [1.165, 1.54) is 37.0 Å². The van der Waals surface area contributed by atoms with E-state index in [9.17, 15) is 14.0 Å². The van der Waals surface area contributed by atoms with Crippen LogP contribution in [0.15, 0.2) is 36.4 Å². The maximum absolute atomic E-state index is 14.5. The maximum Gasteiger partial charge on any atom is 0.254 e. The van der Waals surface area contributed by atoms with Gasteiger partial charge in [0.1, 0.15) is 17.7 Å². The van der Waals surface area contributed by atoms with Gasteiger partial charge in [-0.15, -0.1) is 0 Å². The van der Waals surface area contributed by atoms with Crippen molar-refractivity contribution in [3.63, 3.8) is 0 Å². The molecule has 0 bridgehead atoms. The molecule has 6 rings (SSSR count). The summed E-state index contributed by atoms with van der Waals surface area (Å²) in [5.41, 5.74) is 2.97. The lowest BCUT2D eigenvalue weighted by Gasteiger charge is -2.35. The van der Waals surface area contributed by atoms with Crippen LogP contribution >= 0.6 is 0 Å². The number of piperazine rings is 2. The van der Waals surface area contributed by atoms with Crippen molar-refractivity contribution in [2.75, 3.05) is 70.3 Å². The molecule has 4 aliphatic rings. The molecule has 41 heavy (non-hydrogen) atoms. The number of nitrogens with one attached hydrogen (secondary N) is 2. The fraction of sp³-hybridized carbons (Fsp3) is 0.562. The van der Waals surface area contributed by atoms with Crippen molar-refractivity contribution >= 4 is 17.5 Å². The van der Waals surface area contributed by atoms with Crippen LogP contribution in [0.3, 0.4) is 0 Å². The van der Waals surface area contributed by atoms with E-state index in [0.717, 1.165) is 70.0 Å². The zero-order valence-electron chi connectivity index (χ0n) is 23.9. The van der Waals surface area contributed by atoms with E-state index >= 15 is 0 Å². The van der Waals surface area contributed by atoms with Crippen molar-refractivity contribution in [1.82, 2.24) is 20.4 Å². The summed E-state index contributed by atoms with van der Waals surface area (Å²) in [6.45, 7) is 6.84. The smallest absolute Gasteiger partial charge is 0.254 e. The standard InChI is InChI=1S/C32H42FN5O3/c33-26-18-25(19-27(21-26)36-12-10-34-11-13-36)32(40)38-16-14-37(15-17-38)31(39)24-6-7-30(41-28-8-9-35-22-28)29(20-24)23-4-2-1-3-5-23/h6-7,18-21,23,28,34-35H,1-5,8-17,22H2/t28-/m0/s1. The number of ether oxygens (including phenoxy) is 1. The van der Waals surface area contributed by atoms with Crippen molar-refractivity contribution in [3.8, 4) is 5.75 Å². The topological polar surface area (TPSA) is 77.2 Å². The van der Waals surface area contributed by atoms with Crippen molar-refractivity contribution in [2.24, 2.45) is 0 Å². The number of nitrogens with zero attached hydrogens (tertiary/aromatic N) is 3. The summed E-state index contributed by atoms with van der Waals surface area (Å²) in [7, 11) is 0. The highest BCUT2D eigenvalue weighted by Gasteiger charge is 2.29. The molecule has 1 aliphatic carbocycles. The second-order valence-corrected chi connectivity index (χ2v) is 11.8. The van der Waals surface area contributed by atoms with E-state index in [2.05, 4.69) is 21.6 Å². The van der Waals surface area contributed by atoms with Gasteiger partial charge in [0.05, 0.1) is 0 Å². The van der Waals surface area contributed by atoms with Crippen LogP contribution in [0.4, 0.5) is 10.1 Å². The highest BCUT2D eigenvalue weighted by atomic mass is 19.1. The monoisotopic (exact) mass is 563 g/mol. The van der Waals surface area contributed by atoms with E-state index in [-0.39, 0.29) is 17.9 Å². The first kappa shape index (κ1) is 28.0. The minimum atomic E-state index is -0.399. The van der Waals surface area contributed by atoms with Gasteiger partial charge in [-0.3, -0.25) is 9.59 Å². The first-order chi connectivity index (χ1) is 20.0. The number of halogens is 1. The number of carbonyl (C=O) groups is 2. The summed E-state index contributed by atoms with van der Waals surface area (Å²) >= 11 is 0. The molecule has 0 spiro atoms. The van der Waals surface area contributed by atoms with Crippen LogP contribution in [-0.2, 0) is 0 Å². The van der Waals surface area contributed by atoms with E-state index in [1.54, 1.807) is 11.0 Å². The van der Waals surface area contributed by atoms with Gasteiger partial charge >= 0.3 is 0 Å². The van der Waals surface area contributed by atoms with Crippen molar-refractivity contribution < 1.29 is 18.7 Å². The molecule has 3 heterocycles. The lowest BCUT2D eigenvalue weighted by molar-refractivity contribution is 0.0535. The molecule has 4 fully saturated rings. The SMILES string of the molecule is O=C(c1cc(F)cc(N2CCNCC2)c1)N1CCN(C(=O)c2ccc(O[C@H]3CCNC3)c(C3CCCCC3)c2)CC1. The molecule has 1 atom stereocenters. The van der Waals surface area contributed by atoms with Gasteiger partial charge in [0.2, 0.25) is 0 Å². The molecule has 3 aliphatic heterocycles. The number of rotatable bonds is 6. The molecule has 2 amide bonds. The first-order valence-corrected chi connectivity index (χ1v) is 15.4. The Morgan fingerprint density at radius 2 is 1.46 bits per heavy atom. The average Bonchev–Trinajstić information content (AvgIpc) is 3.54. The second-order valence-electron chi connectivity index (χ2n) is 11.8. The Hall–Kier alpha value is -3.17. The Morgan fingerprint density at radius 1 is 0.756 bits per heavy atom. The van der Waals surface area contributed by atoms with Crippen LogP contribution in [0, 0.1) is 5.82 Å². The summed E-state index contributed by atoms with van der Waals surface area (Å²) in [5, 5.41) is 6.67. The predicted octanol–water partition coefficient (Wildman–Crippen LogP) is 3.62. The Balaban J connectivity index is 1.12. The molecule has 2 aromatic rings. The number of anilines is 1. The van der Waals surface area contributed by atoms with E-state index in [0.29, 0.717) is 43.2 Å². The molecule has 0 radical (unpaired) electrons. The predicted molar refractivity (Wildman–Crippen MR) is 157 cm³/mol. The van der Waals surface area contributed by atoms with Gasteiger partial charge in [0, 0.05) is 75.7 Å². The number of hydrogen-bond acceptors (Lipinski definition) is 6. The maximum atomic E-state index is 14.5. The number of benzene rings is 2. The normalized spacial score (nSPS) is 22.2. The third kappa shape index (κ3) is 6.51. The molecule has 0 unspecified atom stereocenters. The number of carbonyl (C=O) groups excluding carboxylic acids is 2. The van der Waals surface area contributed by atoms with Crippen LogP contribution in [-0.4, -0.2) is 93.2 Å². The molecule has 2 N–H and O–H groups in total. The van der Waals surface area contributed by atoms with Gasteiger partial charge in [0.15, 0.2) is 0 Å². The number of hydrogen-bond donors (Lipinski definition) is 2. The summed E-state index contributed by atoms with van der Waals surface area (Å²) in [4.78, 5) is 32.6. The Labute approximate surface area is 242 Å². The Bertz CT molecular complexity index is 1230. The van der Waals surface area contributed by atoms with Crippen molar-refractivity contribution in [1.29, 1.82) is 0 Å². The van der Waals surface area contributed by atoms with E-state index < -0.39 is 5.82 Å². The summed E-state index contributed by atoms with van der Waals surface area (Å²) in [6, 6.07) is 10.6.